The van der Waals surface area contributed by atoms with E-state index >= 15 is 0 Å². The van der Waals surface area contributed by atoms with Gasteiger partial charge in [-0.05, 0) is 46.1 Å². The lowest BCUT2D eigenvalue weighted by Crippen LogP contribution is -2.66. The molecule has 0 fully saturated rings. The summed E-state index contributed by atoms with van der Waals surface area (Å²) in [6.07, 6.45) is -1.25. The van der Waals surface area contributed by atoms with Crippen LogP contribution >= 0.6 is 23.2 Å². The second-order valence-corrected chi connectivity index (χ2v) is 16.7. The number of para-hydroxylation sites is 1. The Hall–Kier alpha value is -3.63. The van der Waals surface area contributed by atoms with Gasteiger partial charge in [-0.25, -0.2) is 23.7 Å². The molecule has 6 nitrogen and oxygen atoms in total. The van der Waals surface area contributed by atoms with E-state index in [4.69, 9.17) is 32.4 Å². The van der Waals surface area contributed by atoms with Crippen molar-refractivity contribution in [2.24, 2.45) is 0 Å². The Labute approximate surface area is 272 Å². The Morgan fingerprint density at radius 2 is 1.47 bits per heavy atom. The summed E-state index contributed by atoms with van der Waals surface area (Å²) >= 11 is 12.3. The van der Waals surface area contributed by atoms with Crippen LogP contribution in [0.2, 0.25) is 15.5 Å². The molecule has 11 heteroatoms. The number of fused-ring (bicyclic) bond motifs is 1. The van der Waals surface area contributed by atoms with E-state index in [1.165, 1.54) is 12.3 Å². The quantitative estimate of drug-likeness (QED) is 0.0661. The molecule has 0 spiro atoms. The Kier molecular flexibility index (Phi) is 10.0. The highest BCUT2D eigenvalue weighted by molar-refractivity contribution is 6.99. The first-order valence-corrected chi connectivity index (χ1v) is 17.2. The molecule has 0 radical (unpaired) electrons. The first-order valence-electron chi connectivity index (χ1n) is 14.6. The summed E-state index contributed by atoms with van der Waals surface area (Å²) in [5.74, 6) is 0.493. The minimum atomic E-state index is -2.83. The van der Waals surface area contributed by atoms with Crippen LogP contribution in [0.4, 0.5) is 14.6 Å². The van der Waals surface area contributed by atoms with Crippen molar-refractivity contribution in [1.82, 2.24) is 15.0 Å². The molecule has 0 saturated heterocycles. The lowest BCUT2D eigenvalue weighted by Gasteiger charge is -2.43. The smallest absolute Gasteiger partial charge is 0.267 e. The normalized spacial score (nSPS) is 12.8. The zero-order valence-corrected chi connectivity index (χ0v) is 27.9. The summed E-state index contributed by atoms with van der Waals surface area (Å²) < 4.78 is 41.7. The molecule has 1 atom stereocenters. The summed E-state index contributed by atoms with van der Waals surface area (Å²) in [5, 5.41) is 6.16. The van der Waals surface area contributed by atoms with Gasteiger partial charge in [0.15, 0.2) is 0 Å². The van der Waals surface area contributed by atoms with E-state index in [-0.39, 0.29) is 40.0 Å². The molecule has 0 aliphatic rings. The Morgan fingerprint density at radius 1 is 0.844 bits per heavy atom. The van der Waals surface area contributed by atoms with Gasteiger partial charge in [0, 0.05) is 10.9 Å². The highest BCUT2D eigenvalue weighted by atomic mass is 35.5. The summed E-state index contributed by atoms with van der Waals surface area (Å²) in [7, 11) is -2.83. The van der Waals surface area contributed by atoms with Gasteiger partial charge in [0.2, 0.25) is 5.28 Å². The number of nitrogens with zero attached hydrogens (tertiary/aromatic N) is 3. The van der Waals surface area contributed by atoms with Crippen LogP contribution in [0.3, 0.4) is 0 Å². The topological polar surface area (TPSA) is 69.2 Å². The Morgan fingerprint density at radius 3 is 2.07 bits per heavy atom. The molecular weight excluding hydrogens is 633 g/mol. The van der Waals surface area contributed by atoms with Gasteiger partial charge in [0.1, 0.15) is 23.3 Å². The van der Waals surface area contributed by atoms with Gasteiger partial charge < -0.3 is 14.5 Å². The predicted molar refractivity (Wildman–Crippen MR) is 180 cm³/mol. The molecule has 0 unspecified atom stereocenters. The van der Waals surface area contributed by atoms with E-state index < -0.39 is 20.8 Å². The van der Waals surface area contributed by atoms with Crippen molar-refractivity contribution in [3.8, 4) is 5.75 Å². The monoisotopic (exact) mass is 666 g/mol. The van der Waals surface area contributed by atoms with E-state index in [0.717, 1.165) is 10.4 Å². The van der Waals surface area contributed by atoms with Crippen molar-refractivity contribution in [3.05, 3.63) is 113 Å². The molecule has 0 amide bonds. The average molecular weight is 668 g/mol. The van der Waals surface area contributed by atoms with Crippen LogP contribution in [0.25, 0.3) is 10.9 Å². The number of halogens is 4. The van der Waals surface area contributed by atoms with Crippen LogP contribution < -0.4 is 20.4 Å². The maximum atomic E-state index is 14.3. The molecule has 3 aromatic carbocycles. The third-order valence-corrected chi connectivity index (χ3v) is 13.1. The predicted octanol–water partition coefficient (Wildman–Crippen LogP) is 8.40. The van der Waals surface area contributed by atoms with Gasteiger partial charge >= 0.3 is 0 Å². The summed E-state index contributed by atoms with van der Waals surface area (Å²) in [4.78, 5) is 12.6. The lowest BCUT2D eigenvalue weighted by atomic mass is 10.0. The number of anilines is 1. The van der Waals surface area contributed by atoms with E-state index in [2.05, 4.69) is 65.3 Å². The van der Waals surface area contributed by atoms with Gasteiger partial charge in [0.05, 0.1) is 29.9 Å². The number of nitrogens with one attached hydrogen (secondary N) is 1. The second-order valence-electron chi connectivity index (χ2n) is 11.7. The maximum Gasteiger partial charge on any atom is 0.267 e. The fourth-order valence-corrected chi connectivity index (χ4v) is 10.6. The van der Waals surface area contributed by atoms with Crippen molar-refractivity contribution in [2.45, 2.75) is 45.2 Å². The third kappa shape index (κ3) is 6.96. The minimum absolute atomic E-state index is 0.0135. The van der Waals surface area contributed by atoms with Crippen molar-refractivity contribution in [3.63, 3.8) is 0 Å². The molecule has 2 aromatic heterocycles. The van der Waals surface area contributed by atoms with Crippen LogP contribution in [0, 0.1) is 0 Å². The van der Waals surface area contributed by atoms with Gasteiger partial charge in [-0.1, -0.05) is 105 Å². The zero-order chi connectivity index (χ0) is 32.2. The van der Waals surface area contributed by atoms with E-state index in [1.807, 2.05) is 43.3 Å². The molecule has 5 rings (SSSR count). The van der Waals surface area contributed by atoms with E-state index in [1.54, 1.807) is 18.2 Å². The highest BCUT2D eigenvalue weighted by Crippen LogP contribution is 2.39. The Bertz CT molecular complexity index is 1720. The number of pyridine rings is 1. The molecule has 0 bridgehead atoms. The number of alkyl halides is 2. The SMILES string of the molecule is C[C@@H](Nc1nc(Cl)nc2cnc(Cl)cc12)c1cccc(C(F)F)c1OCCO[Si](c1ccccc1)(c1ccccc1)C(C)(C)C. The number of rotatable bonds is 11. The summed E-state index contributed by atoms with van der Waals surface area (Å²) in [6.45, 7) is 8.65. The molecular formula is C34H34Cl2F2N4O2Si. The molecule has 234 valence electrons. The average Bonchev–Trinajstić information content (AvgIpc) is 3.01. The first-order chi connectivity index (χ1) is 21.5. The molecule has 0 aliphatic carbocycles. The van der Waals surface area contributed by atoms with Crippen molar-refractivity contribution < 1.29 is 17.9 Å². The molecule has 5 aromatic rings. The van der Waals surface area contributed by atoms with Gasteiger partial charge in [0.25, 0.3) is 14.7 Å². The van der Waals surface area contributed by atoms with Crippen LogP contribution in [0.1, 0.15) is 51.3 Å². The summed E-state index contributed by atoms with van der Waals surface area (Å²) in [5.41, 5.74) is 0.818. The van der Waals surface area contributed by atoms with E-state index in [9.17, 15) is 8.78 Å². The van der Waals surface area contributed by atoms with Crippen LogP contribution in [-0.2, 0) is 4.43 Å². The standard InChI is InChI=1S/C34H34Cl2F2N4O2Si/c1-22(40-32-27-20-29(35)39-21-28(27)41-33(36)42-32)25-16-11-17-26(31(37)38)30(25)43-18-19-44-45(34(2,3)4,23-12-7-5-8-13-23)24-14-9-6-10-15-24/h5-17,20-22,31H,18-19H2,1-4H3,(H,40,41,42)/t22-/m1/s1. The highest BCUT2D eigenvalue weighted by Gasteiger charge is 2.50. The molecule has 0 aliphatic heterocycles. The molecule has 1 N–H and O–H groups in total. The minimum Gasteiger partial charge on any atom is -0.490 e. The van der Waals surface area contributed by atoms with Gasteiger partial charge in [-0.3, -0.25) is 0 Å². The number of ether oxygens (including phenoxy) is 1. The van der Waals surface area contributed by atoms with Crippen LogP contribution in [-0.4, -0.2) is 36.5 Å². The number of benzene rings is 3. The molecule has 2 heterocycles. The summed E-state index contributed by atoms with van der Waals surface area (Å²) in [6, 6.07) is 26.3. The lowest BCUT2D eigenvalue weighted by molar-refractivity contribution is 0.141. The zero-order valence-electron chi connectivity index (χ0n) is 25.4. The van der Waals surface area contributed by atoms with E-state index in [0.29, 0.717) is 22.3 Å². The van der Waals surface area contributed by atoms with Gasteiger partial charge in [-0.15, -0.1) is 0 Å². The molecule has 45 heavy (non-hydrogen) atoms. The largest absolute Gasteiger partial charge is 0.490 e. The third-order valence-electron chi connectivity index (χ3n) is 7.72. The fourth-order valence-electron chi connectivity index (χ4n) is 5.72. The van der Waals surface area contributed by atoms with Crippen LogP contribution in [0.15, 0.2) is 91.1 Å². The Balaban J connectivity index is 1.44. The molecule has 0 saturated carbocycles. The second kappa shape index (κ2) is 13.8. The number of aromatic nitrogens is 3. The fraction of sp³-hybridized carbons (Fsp3) is 0.265. The van der Waals surface area contributed by atoms with Crippen LogP contribution in [0.5, 0.6) is 5.75 Å². The number of hydrogen-bond donors (Lipinski definition) is 1. The van der Waals surface area contributed by atoms with Crippen molar-refractivity contribution in [2.75, 3.05) is 18.5 Å². The first kappa shape index (κ1) is 32.8. The van der Waals surface area contributed by atoms with Gasteiger partial charge in [-0.2, -0.15) is 0 Å². The maximum absolute atomic E-state index is 14.3. The van der Waals surface area contributed by atoms with Crippen molar-refractivity contribution in [1.29, 1.82) is 0 Å². The van der Waals surface area contributed by atoms with Crippen molar-refractivity contribution >= 4 is 58.6 Å². The number of hydrogen-bond acceptors (Lipinski definition) is 6.